The number of hydrazine groups is 1. The third-order valence-corrected chi connectivity index (χ3v) is 3.27. The highest BCUT2D eigenvalue weighted by molar-refractivity contribution is 5.95. The van der Waals surface area contributed by atoms with Crippen LogP contribution in [0.2, 0.25) is 0 Å². The van der Waals surface area contributed by atoms with Gasteiger partial charge in [0, 0.05) is 5.56 Å². The van der Waals surface area contributed by atoms with Crippen LogP contribution in [-0.2, 0) is 11.3 Å². The predicted molar refractivity (Wildman–Crippen MR) is 85.8 cm³/mol. The average Bonchev–Trinajstić information content (AvgIpc) is 2.63. The van der Waals surface area contributed by atoms with Crippen molar-refractivity contribution in [3.63, 3.8) is 0 Å². The van der Waals surface area contributed by atoms with Gasteiger partial charge in [-0.15, -0.1) is 5.10 Å². The van der Waals surface area contributed by atoms with Gasteiger partial charge in [0.15, 0.2) is 0 Å². The van der Waals surface area contributed by atoms with Crippen molar-refractivity contribution in [2.24, 2.45) is 0 Å². The van der Waals surface area contributed by atoms with Gasteiger partial charge in [-0.3, -0.25) is 25.2 Å². The smallest absolute Gasteiger partial charge is 0.271 e. The summed E-state index contributed by atoms with van der Waals surface area (Å²) >= 11 is 0. The molecule has 0 atom stereocenters. The first-order valence-corrected chi connectivity index (χ1v) is 7.12. The lowest BCUT2D eigenvalue weighted by Gasteiger charge is -2.08. The zero-order valence-electron chi connectivity index (χ0n) is 12.5. The van der Waals surface area contributed by atoms with E-state index in [2.05, 4.69) is 21.2 Å². The number of carbonyl (C=O) groups excluding carboxylic acids is 2. The Hall–Kier alpha value is -3.55. The minimum absolute atomic E-state index is 0.355. The molecule has 0 spiro atoms. The maximum absolute atomic E-state index is 12.2. The summed E-state index contributed by atoms with van der Waals surface area (Å²) in [4.78, 5) is 35.9. The molecule has 8 heteroatoms. The first-order chi connectivity index (χ1) is 11.6. The number of amides is 2. The molecule has 0 radical (unpaired) electrons. The Morgan fingerprint density at radius 1 is 0.958 bits per heavy atom. The number of benzene rings is 2. The highest BCUT2D eigenvalue weighted by Crippen LogP contribution is 2.03. The van der Waals surface area contributed by atoms with E-state index in [9.17, 15) is 14.4 Å². The second-order valence-electron chi connectivity index (χ2n) is 4.94. The van der Waals surface area contributed by atoms with E-state index < -0.39 is 17.4 Å². The second-order valence-corrected chi connectivity index (χ2v) is 4.94. The Balaban J connectivity index is 1.66. The largest absolute Gasteiger partial charge is 0.278 e. The van der Waals surface area contributed by atoms with E-state index in [1.165, 1.54) is 0 Å². The van der Waals surface area contributed by atoms with Crippen molar-refractivity contribution in [1.82, 2.24) is 25.8 Å². The average molecular weight is 323 g/mol. The molecule has 1 heterocycles. The third-order valence-electron chi connectivity index (χ3n) is 3.27. The van der Waals surface area contributed by atoms with Crippen molar-refractivity contribution < 1.29 is 9.59 Å². The quantitative estimate of drug-likeness (QED) is 0.672. The van der Waals surface area contributed by atoms with Gasteiger partial charge in [-0.1, -0.05) is 35.5 Å². The van der Waals surface area contributed by atoms with Crippen LogP contribution in [-0.4, -0.2) is 26.8 Å². The molecule has 2 aromatic carbocycles. The topological polar surface area (TPSA) is 106 Å². The molecule has 1 aromatic heterocycles. The maximum Gasteiger partial charge on any atom is 0.278 e. The molecule has 24 heavy (non-hydrogen) atoms. The SMILES string of the molecule is O=C(Cn1nnc2ccccc2c1=O)NNC(=O)c1ccccc1. The van der Waals surface area contributed by atoms with Gasteiger partial charge in [0.05, 0.1) is 5.39 Å². The lowest BCUT2D eigenvalue weighted by Crippen LogP contribution is -2.44. The summed E-state index contributed by atoms with van der Waals surface area (Å²) in [7, 11) is 0. The number of fused-ring (bicyclic) bond motifs is 1. The molecular formula is C16H13N5O3. The molecule has 0 aliphatic carbocycles. The van der Waals surface area contributed by atoms with Gasteiger partial charge in [0.25, 0.3) is 17.4 Å². The van der Waals surface area contributed by atoms with E-state index in [0.717, 1.165) is 4.68 Å². The van der Waals surface area contributed by atoms with Crippen molar-refractivity contribution in [1.29, 1.82) is 0 Å². The molecule has 0 bridgehead atoms. The summed E-state index contributed by atoms with van der Waals surface area (Å²) in [6, 6.07) is 15.1. The van der Waals surface area contributed by atoms with E-state index in [-0.39, 0.29) is 6.54 Å². The number of hydrogen-bond acceptors (Lipinski definition) is 5. The molecule has 2 N–H and O–H groups in total. The molecule has 0 fully saturated rings. The van der Waals surface area contributed by atoms with Gasteiger partial charge in [-0.25, -0.2) is 4.68 Å². The summed E-state index contributed by atoms with van der Waals surface area (Å²) in [6.45, 7) is -0.355. The molecule has 0 aliphatic heterocycles. The molecule has 0 unspecified atom stereocenters. The molecule has 0 aliphatic rings. The summed E-state index contributed by atoms with van der Waals surface area (Å²) in [5.41, 5.74) is 4.94. The molecule has 3 rings (SSSR count). The van der Waals surface area contributed by atoms with Crippen LogP contribution in [0.5, 0.6) is 0 Å². The monoisotopic (exact) mass is 323 g/mol. The van der Waals surface area contributed by atoms with Crippen LogP contribution < -0.4 is 16.4 Å². The van der Waals surface area contributed by atoms with Gasteiger partial charge in [0.1, 0.15) is 12.1 Å². The Bertz CT molecular complexity index is 953. The van der Waals surface area contributed by atoms with Gasteiger partial charge < -0.3 is 0 Å². The number of rotatable bonds is 3. The number of carbonyl (C=O) groups is 2. The van der Waals surface area contributed by atoms with Crippen molar-refractivity contribution in [3.8, 4) is 0 Å². The molecule has 0 saturated carbocycles. The van der Waals surface area contributed by atoms with Crippen molar-refractivity contribution in [2.45, 2.75) is 6.54 Å². The maximum atomic E-state index is 12.2. The normalized spacial score (nSPS) is 10.3. The van der Waals surface area contributed by atoms with E-state index in [0.29, 0.717) is 16.5 Å². The van der Waals surface area contributed by atoms with Crippen molar-refractivity contribution in [3.05, 3.63) is 70.5 Å². The van der Waals surface area contributed by atoms with E-state index >= 15 is 0 Å². The lowest BCUT2D eigenvalue weighted by molar-refractivity contribution is -0.122. The highest BCUT2D eigenvalue weighted by Gasteiger charge is 2.10. The summed E-state index contributed by atoms with van der Waals surface area (Å²) in [5, 5.41) is 7.96. The molecular weight excluding hydrogens is 310 g/mol. The van der Waals surface area contributed by atoms with Gasteiger partial charge >= 0.3 is 0 Å². The number of nitrogens with zero attached hydrogens (tertiary/aromatic N) is 3. The first-order valence-electron chi connectivity index (χ1n) is 7.12. The fraction of sp³-hybridized carbons (Fsp3) is 0.0625. The number of aromatic nitrogens is 3. The van der Waals surface area contributed by atoms with Crippen LogP contribution in [0.3, 0.4) is 0 Å². The predicted octanol–water partition coefficient (Wildman–Crippen LogP) is 0.253. The van der Waals surface area contributed by atoms with Gasteiger partial charge in [-0.2, -0.15) is 0 Å². The third kappa shape index (κ3) is 3.27. The second kappa shape index (κ2) is 6.69. The Kier molecular flexibility index (Phi) is 4.28. The zero-order chi connectivity index (χ0) is 16.9. The Morgan fingerprint density at radius 2 is 1.67 bits per heavy atom. The van der Waals surface area contributed by atoms with Crippen LogP contribution in [0.25, 0.3) is 10.9 Å². The van der Waals surface area contributed by atoms with Crippen LogP contribution in [0, 0.1) is 0 Å². The standard InChI is InChI=1S/C16H13N5O3/c22-14(18-19-15(23)11-6-2-1-3-7-11)10-21-16(24)12-8-4-5-9-13(12)17-20-21/h1-9H,10H2,(H,18,22)(H,19,23). The van der Waals surface area contributed by atoms with Crippen LogP contribution in [0.15, 0.2) is 59.4 Å². The Labute approximate surface area is 136 Å². The molecule has 0 saturated heterocycles. The van der Waals surface area contributed by atoms with Crippen LogP contribution in [0.4, 0.5) is 0 Å². The van der Waals surface area contributed by atoms with Crippen molar-refractivity contribution >= 4 is 22.7 Å². The van der Waals surface area contributed by atoms with Crippen LogP contribution >= 0.6 is 0 Å². The van der Waals surface area contributed by atoms with E-state index in [1.807, 2.05) is 0 Å². The zero-order valence-corrected chi connectivity index (χ0v) is 12.5. The van der Waals surface area contributed by atoms with E-state index in [1.54, 1.807) is 54.6 Å². The van der Waals surface area contributed by atoms with E-state index in [4.69, 9.17) is 0 Å². The first kappa shape index (κ1) is 15.3. The highest BCUT2D eigenvalue weighted by atomic mass is 16.2. The molecule has 2 amide bonds. The summed E-state index contributed by atoms with van der Waals surface area (Å²) in [6.07, 6.45) is 0. The fourth-order valence-electron chi connectivity index (χ4n) is 2.09. The fourth-order valence-corrected chi connectivity index (χ4v) is 2.09. The number of nitrogens with one attached hydrogen (secondary N) is 2. The molecule has 3 aromatic rings. The van der Waals surface area contributed by atoms with Gasteiger partial charge in [0.2, 0.25) is 0 Å². The molecule has 8 nitrogen and oxygen atoms in total. The summed E-state index contributed by atoms with van der Waals surface area (Å²) < 4.78 is 0.937. The lowest BCUT2D eigenvalue weighted by atomic mass is 10.2. The van der Waals surface area contributed by atoms with Gasteiger partial charge in [-0.05, 0) is 24.3 Å². The minimum atomic E-state index is -0.592. The number of hydrogen-bond donors (Lipinski definition) is 2. The molecule has 120 valence electrons. The summed E-state index contributed by atoms with van der Waals surface area (Å²) in [5.74, 6) is -1.05. The van der Waals surface area contributed by atoms with Crippen molar-refractivity contribution in [2.75, 3.05) is 0 Å². The Morgan fingerprint density at radius 3 is 2.46 bits per heavy atom. The minimum Gasteiger partial charge on any atom is -0.271 e. The van der Waals surface area contributed by atoms with Crippen LogP contribution in [0.1, 0.15) is 10.4 Å².